The third-order valence-electron chi connectivity index (χ3n) is 2.59. The summed E-state index contributed by atoms with van der Waals surface area (Å²) in [5.41, 5.74) is 0.924. The maximum Gasteiger partial charge on any atom is 0.252 e. The van der Waals surface area contributed by atoms with E-state index in [2.05, 4.69) is 15.3 Å². The second kappa shape index (κ2) is 5.23. The molecule has 0 aliphatic heterocycles. The van der Waals surface area contributed by atoms with Gasteiger partial charge in [-0.05, 0) is 31.5 Å². The number of rotatable bonds is 3. The van der Waals surface area contributed by atoms with Gasteiger partial charge in [-0.25, -0.2) is 4.98 Å². The van der Waals surface area contributed by atoms with Crippen LogP contribution >= 0.6 is 11.6 Å². The molecule has 0 aliphatic carbocycles. The Morgan fingerprint density at radius 1 is 1.33 bits per heavy atom. The summed E-state index contributed by atoms with van der Waals surface area (Å²) in [5.74, 6) is 1.16. The van der Waals surface area contributed by atoms with Crippen molar-refractivity contribution in [2.24, 2.45) is 0 Å². The molecule has 2 aromatic rings. The monoisotopic (exact) mass is 263 g/mol. The molecular weight excluding hydrogens is 250 g/mol. The summed E-state index contributed by atoms with van der Waals surface area (Å²) >= 11 is 5.84. The number of aromatic nitrogens is 2. The molecule has 5 heteroatoms. The van der Waals surface area contributed by atoms with Crippen molar-refractivity contribution < 1.29 is 0 Å². The average molecular weight is 264 g/mol. The zero-order chi connectivity index (χ0) is 13.1. The molecule has 1 heterocycles. The predicted octanol–water partition coefficient (Wildman–Crippen LogP) is 2.90. The average Bonchev–Trinajstić information content (AvgIpc) is 2.28. The van der Waals surface area contributed by atoms with Crippen LogP contribution in [0, 0.1) is 6.92 Å². The summed E-state index contributed by atoms with van der Waals surface area (Å²) in [6, 6.07) is 9.06. The third kappa shape index (κ3) is 3.11. The van der Waals surface area contributed by atoms with Gasteiger partial charge in [-0.15, -0.1) is 0 Å². The Labute approximate surface area is 110 Å². The minimum Gasteiger partial charge on any atom is -0.363 e. The molecule has 0 saturated carbocycles. The molecule has 0 saturated heterocycles. The van der Waals surface area contributed by atoms with Crippen LogP contribution in [-0.4, -0.2) is 9.97 Å². The van der Waals surface area contributed by atoms with E-state index in [9.17, 15) is 4.79 Å². The fourth-order valence-corrected chi connectivity index (χ4v) is 1.84. The molecule has 1 atom stereocenters. The summed E-state index contributed by atoms with van der Waals surface area (Å²) in [4.78, 5) is 18.2. The lowest BCUT2D eigenvalue weighted by Crippen LogP contribution is -2.14. The number of H-pyrrole nitrogens is 1. The number of halogens is 1. The summed E-state index contributed by atoms with van der Waals surface area (Å²) < 4.78 is 0. The van der Waals surface area contributed by atoms with E-state index in [1.165, 1.54) is 6.07 Å². The Morgan fingerprint density at radius 3 is 2.61 bits per heavy atom. The van der Waals surface area contributed by atoms with E-state index in [-0.39, 0.29) is 11.6 Å². The lowest BCUT2D eigenvalue weighted by Gasteiger charge is -2.15. The van der Waals surface area contributed by atoms with Crippen molar-refractivity contribution in [2.75, 3.05) is 5.32 Å². The van der Waals surface area contributed by atoms with E-state index in [1.807, 2.05) is 31.2 Å². The number of anilines is 1. The molecule has 2 rings (SSSR count). The van der Waals surface area contributed by atoms with Crippen molar-refractivity contribution in [1.82, 2.24) is 9.97 Å². The molecule has 1 unspecified atom stereocenters. The lowest BCUT2D eigenvalue weighted by molar-refractivity contribution is 0.864. The normalized spacial score (nSPS) is 12.2. The predicted molar refractivity (Wildman–Crippen MR) is 73.1 cm³/mol. The van der Waals surface area contributed by atoms with Crippen LogP contribution in [0.15, 0.2) is 35.1 Å². The van der Waals surface area contributed by atoms with Crippen molar-refractivity contribution >= 4 is 17.4 Å². The van der Waals surface area contributed by atoms with Crippen molar-refractivity contribution in [3.05, 3.63) is 57.1 Å². The number of nitrogens with zero attached hydrogens (tertiary/aromatic N) is 1. The van der Waals surface area contributed by atoms with Gasteiger partial charge < -0.3 is 10.3 Å². The highest BCUT2D eigenvalue weighted by Gasteiger charge is 2.06. The number of hydrogen-bond donors (Lipinski definition) is 2. The molecule has 4 nitrogen and oxygen atoms in total. The summed E-state index contributed by atoms with van der Waals surface area (Å²) in [6.45, 7) is 3.75. The van der Waals surface area contributed by atoms with Gasteiger partial charge in [0, 0.05) is 17.1 Å². The van der Waals surface area contributed by atoms with Gasteiger partial charge >= 0.3 is 0 Å². The summed E-state index contributed by atoms with van der Waals surface area (Å²) in [5, 5.41) is 3.89. The van der Waals surface area contributed by atoms with Crippen molar-refractivity contribution in [3.63, 3.8) is 0 Å². The second-order valence-electron chi connectivity index (χ2n) is 4.13. The molecule has 1 aromatic heterocycles. The molecule has 2 N–H and O–H groups in total. The van der Waals surface area contributed by atoms with Crippen molar-refractivity contribution in [3.8, 4) is 0 Å². The van der Waals surface area contributed by atoms with Crippen LogP contribution in [0.3, 0.4) is 0 Å². The molecule has 0 bridgehead atoms. The zero-order valence-corrected chi connectivity index (χ0v) is 11.0. The first kappa shape index (κ1) is 12.6. The smallest absolute Gasteiger partial charge is 0.252 e. The second-order valence-corrected chi connectivity index (χ2v) is 4.57. The lowest BCUT2D eigenvalue weighted by atomic mass is 10.1. The molecule has 18 heavy (non-hydrogen) atoms. The standard InChI is InChI=1S/C13H14ClN3O/c1-8(10-3-5-11(14)6-4-10)15-12-7-13(18)17-9(2)16-12/h3-8H,1-2H3,(H2,15,16,17,18). The molecular formula is C13H14ClN3O. The van der Waals surface area contributed by atoms with Gasteiger partial charge in [-0.1, -0.05) is 23.7 Å². The fourth-order valence-electron chi connectivity index (χ4n) is 1.71. The highest BCUT2D eigenvalue weighted by atomic mass is 35.5. The van der Waals surface area contributed by atoms with Crippen molar-refractivity contribution in [1.29, 1.82) is 0 Å². The van der Waals surface area contributed by atoms with E-state index in [0.29, 0.717) is 16.7 Å². The van der Waals surface area contributed by atoms with Crippen LogP contribution in [0.4, 0.5) is 5.82 Å². The molecule has 0 spiro atoms. The largest absolute Gasteiger partial charge is 0.363 e. The van der Waals surface area contributed by atoms with Gasteiger partial charge in [-0.3, -0.25) is 4.79 Å². The van der Waals surface area contributed by atoms with Crippen molar-refractivity contribution in [2.45, 2.75) is 19.9 Å². The zero-order valence-electron chi connectivity index (χ0n) is 10.2. The minimum absolute atomic E-state index is 0.0518. The maximum atomic E-state index is 11.3. The fraction of sp³-hybridized carbons (Fsp3) is 0.231. The highest BCUT2D eigenvalue weighted by Crippen LogP contribution is 2.19. The van der Waals surface area contributed by atoms with Crippen LogP contribution in [-0.2, 0) is 0 Å². The number of aromatic amines is 1. The van der Waals surface area contributed by atoms with Crippen LogP contribution in [0.5, 0.6) is 0 Å². The van der Waals surface area contributed by atoms with Crippen LogP contribution in [0.1, 0.15) is 24.4 Å². The Hall–Kier alpha value is -1.81. The molecule has 0 aliphatic rings. The molecule has 0 radical (unpaired) electrons. The number of hydrogen-bond acceptors (Lipinski definition) is 3. The first-order valence-corrected chi connectivity index (χ1v) is 6.02. The number of nitrogens with one attached hydrogen (secondary N) is 2. The van der Waals surface area contributed by atoms with Gasteiger partial charge in [0.1, 0.15) is 11.6 Å². The summed E-state index contributed by atoms with van der Waals surface area (Å²) in [7, 11) is 0. The quantitative estimate of drug-likeness (QED) is 0.895. The number of benzene rings is 1. The van der Waals surface area contributed by atoms with E-state index in [1.54, 1.807) is 6.92 Å². The molecule has 94 valence electrons. The minimum atomic E-state index is -0.159. The van der Waals surface area contributed by atoms with Gasteiger partial charge in [-0.2, -0.15) is 0 Å². The molecule has 0 fully saturated rings. The topological polar surface area (TPSA) is 57.8 Å². The maximum absolute atomic E-state index is 11.3. The first-order chi connectivity index (χ1) is 8.54. The highest BCUT2D eigenvalue weighted by molar-refractivity contribution is 6.30. The van der Waals surface area contributed by atoms with Crippen LogP contribution < -0.4 is 10.9 Å². The summed E-state index contributed by atoms with van der Waals surface area (Å²) in [6.07, 6.45) is 0. The number of aryl methyl sites for hydroxylation is 1. The third-order valence-corrected chi connectivity index (χ3v) is 2.85. The van der Waals surface area contributed by atoms with Gasteiger partial charge in [0.15, 0.2) is 0 Å². The SMILES string of the molecule is Cc1nc(NC(C)c2ccc(Cl)cc2)cc(=O)[nH]1. The van der Waals surface area contributed by atoms with E-state index >= 15 is 0 Å². The van der Waals surface area contributed by atoms with Gasteiger partial charge in [0.25, 0.3) is 5.56 Å². The molecule has 0 amide bonds. The molecule has 1 aromatic carbocycles. The van der Waals surface area contributed by atoms with Crippen LogP contribution in [0.25, 0.3) is 0 Å². The Bertz CT molecular complexity index is 592. The Morgan fingerprint density at radius 2 is 2.00 bits per heavy atom. The van der Waals surface area contributed by atoms with E-state index < -0.39 is 0 Å². The first-order valence-electron chi connectivity index (χ1n) is 5.64. The Balaban J connectivity index is 2.18. The van der Waals surface area contributed by atoms with Crippen LogP contribution in [0.2, 0.25) is 5.02 Å². The van der Waals surface area contributed by atoms with E-state index in [4.69, 9.17) is 11.6 Å². The van der Waals surface area contributed by atoms with Gasteiger partial charge in [0.2, 0.25) is 0 Å². The van der Waals surface area contributed by atoms with E-state index in [0.717, 1.165) is 5.56 Å². The van der Waals surface area contributed by atoms with Gasteiger partial charge in [0.05, 0.1) is 0 Å². The Kier molecular flexibility index (Phi) is 3.67.